The van der Waals surface area contributed by atoms with Crippen LogP contribution in [-0.4, -0.2) is 40.9 Å². The summed E-state index contributed by atoms with van der Waals surface area (Å²) in [6.45, 7) is 3.27. The third-order valence-electron chi connectivity index (χ3n) is 2.15. The Morgan fingerprint density at radius 3 is 2.65 bits per heavy atom. The molecule has 0 aliphatic rings. The lowest BCUT2D eigenvalue weighted by molar-refractivity contribution is 0.256. The fourth-order valence-electron chi connectivity index (χ4n) is 1.16. The number of carbonyl (C=O) groups excluding carboxylic acids is 1. The Kier molecular flexibility index (Phi) is 5.97. The first kappa shape index (κ1) is 16.9. The zero-order chi connectivity index (χ0) is 15.3. The van der Waals surface area contributed by atoms with Gasteiger partial charge in [0, 0.05) is 17.3 Å². The smallest absolute Gasteiger partial charge is 0.275 e. The maximum atomic E-state index is 11.7. The van der Waals surface area contributed by atoms with Gasteiger partial charge in [-0.25, -0.2) is 27.9 Å². The number of aromatic nitrogens is 2. The molecule has 0 aliphatic heterocycles. The summed E-state index contributed by atoms with van der Waals surface area (Å²) in [7, 11) is -3.89. The number of alkyl halides is 2. The van der Waals surface area contributed by atoms with Crippen LogP contribution in [0.15, 0.2) is 12.3 Å². The fraction of sp³-hybridized carbons (Fsp3) is 0.500. The van der Waals surface area contributed by atoms with Gasteiger partial charge < -0.3 is 0 Å². The van der Waals surface area contributed by atoms with Gasteiger partial charge in [-0.15, -0.1) is 23.2 Å². The Hall–Kier alpha value is -1.12. The van der Waals surface area contributed by atoms with Gasteiger partial charge in [-0.3, -0.25) is 5.32 Å². The molecule has 7 nitrogen and oxygen atoms in total. The Bertz CT molecular complexity index is 580. The van der Waals surface area contributed by atoms with Crippen molar-refractivity contribution < 1.29 is 13.2 Å². The number of urea groups is 1. The molecule has 2 amide bonds. The second-order valence-corrected chi connectivity index (χ2v) is 7.07. The van der Waals surface area contributed by atoms with Crippen LogP contribution in [0, 0.1) is 6.92 Å². The zero-order valence-electron chi connectivity index (χ0n) is 10.8. The van der Waals surface area contributed by atoms with Crippen molar-refractivity contribution in [2.24, 2.45) is 0 Å². The van der Waals surface area contributed by atoms with Crippen molar-refractivity contribution in [3.63, 3.8) is 0 Å². The predicted octanol–water partition coefficient (Wildman–Crippen LogP) is 1.47. The van der Waals surface area contributed by atoms with Crippen LogP contribution in [0.5, 0.6) is 0 Å². The largest absolute Gasteiger partial charge is 0.335 e. The molecule has 1 heterocycles. The maximum Gasteiger partial charge on any atom is 0.335 e. The highest BCUT2D eigenvalue weighted by Gasteiger charge is 2.23. The number of anilines is 1. The van der Waals surface area contributed by atoms with E-state index < -0.39 is 32.6 Å². The van der Waals surface area contributed by atoms with E-state index in [4.69, 9.17) is 23.2 Å². The third kappa shape index (κ3) is 5.89. The molecule has 0 spiro atoms. The molecule has 20 heavy (non-hydrogen) atoms. The number of carbonyl (C=O) groups is 1. The quantitative estimate of drug-likeness (QED) is 0.790. The minimum Gasteiger partial charge on any atom is -0.275 e. The minimum atomic E-state index is -3.89. The standard InChI is InChI=1S/C10H14Cl2N4O3S/c1-6-3-4-13-9(14-6)15-10(17)16-20(18,19)5-8(12)7(2)11/h3-4,7-8H,5H2,1-2H3,(H2,13,14,15,16,17). The second kappa shape index (κ2) is 7.05. The monoisotopic (exact) mass is 340 g/mol. The van der Waals surface area contributed by atoms with Crippen molar-refractivity contribution in [2.45, 2.75) is 24.6 Å². The topological polar surface area (TPSA) is 101 Å². The van der Waals surface area contributed by atoms with Gasteiger partial charge in [0.25, 0.3) is 0 Å². The molecule has 0 fully saturated rings. The molecule has 0 aliphatic carbocycles. The van der Waals surface area contributed by atoms with Crippen molar-refractivity contribution in [3.05, 3.63) is 18.0 Å². The van der Waals surface area contributed by atoms with Gasteiger partial charge in [-0.2, -0.15) is 0 Å². The third-order valence-corrected chi connectivity index (χ3v) is 4.59. The van der Waals surface area contributed by atoms with Crippen molar-refractivity contribution >= 4 is 45.2 Å². The molecule has 0 radical (unpaired) electrons. The number of rotatable bonds is 5. The van der Waals surface area contributed by atoms with E-state index in [0.717, 1.165) is 0 Å². The molecular formula is C10H14Cl2N4O3S. The van der Waals surface area contributed by atoms with E-state index in [1.165, 1.54) is 6.20 Å². The number of hydrogen-bond acceptors (Lipinski definition) is 5. The number of nitrogens with zero attached hydrogens (tertiary/aromatic N) is 2. The summed E-state index contributed by atoms with van der Waals surface area (Å²) in [6.07, 6.45) is 1.44. The number of nitrogens with one attached hydrogen (secondary N) is 2. The molecule has 10 heteroatoms. The van der Waals surface area contributed by atoms with E-state index in [1.54, 1.807) is 19.9 Å². The molecule has 1 aromatic heterocycles. The van der Waals surface area contributed by atoms with Crippen LogP contribution in [-0.2, 0) is 10.0 Å². The van der Waals surface area contributed by atoms with Crippen LogP contribution in [0.4, 0.5) is 10.7 Å². The van der Waals surface area contributed by atoms with Crippen LogP contribution < -0.4 is 10.0 Å². The van der Waals surface area contributed by atoms with Crippen LogP contribution in [0.1, 0.15) is 12.6 Å². The average Bonchev–Trinajstić information content (AvgIpc) is 2.26. The van der Waals surface area contributed by atoms with Gasteiger partial charge in [0.15, 0.2) is 0 Å². The lowest BCUT2D eigenvalue weighted by atomic mass is 10.4. The molecule has 2 N–H and O–H groups in total. The van der Waals surface area contributed by atoms with E-state index in [2.05, 4.69) is 15.3 Å². The first-order valence-corrected chi connectivity index (χ1v) is 8.11. The molecule has 2 atom stereocenters. The van der Waals surface area contributed by atoms with Crippen molar-refractivity contribution in [1.82, 2.24) is 14.7 Å². The van der Waals surface area contributed by atoms with Crippen LogP contribution in [0.2, 0.25) is 0 Å². The molecule has 1 rings (SSSR count). The zero-order valence-corrected chi connectivity index (χ0v) is 13.1. The molecule has 0 saturated carbocycles. The Labute approximate surface area is 127 Å². The van der Waals surface area contributed by atoms with Gasteiger partial charge in [0.1, 0.15) is 0 Å². The Morgan fingerprint density at radius 1 is 1.45 bits per heavy atom. The number of sulfonamides is 1. The Morgan fingerprint density at radius 2 is 2.10 bits per heavy atom. The highest BCUT2D eigenvalue weighted by Crippen LogP contribution is 2.11. The summed E-state index contributed by atoms with van der Waals surface area (Å²) in [6, 6.07) is 0.682. The van der Waals surface area contributed by atoms with Crippen LogP contribution >= 0.6 is 23.2 Å². The van der Waals surface area contributed by atoms with Crippen molar-refractivity contribution in [1.29, 1.82) is 0 Å². The molecule has 0 bridgehead atoms. The summed E-state index contributed by atoms with van der Waals surface area (Å²) in [5, 5.41) is 0.861. The first-order valence-electron chi connectivity index (χ1n) is 5.59. The SMILES string of the molecule is Cc1ccnc(NC(=O)NS(=O)(=O)CC(Cl)C(C)Cl)n1. The molecule has 0 saturated heterocycles. The summed E-state index contributed by atoms with van der Waals surface area (Å²) in [4.78, 5) is 19.2. The van der Waals surface area contributed by atoms with Crippen LogP contribution in [0.25, 0.3) is 0 Å². The summed E-state index contributed by atoms with van der Waals surface area (Å²) in [5.41, 5.74) is 0.634. The van der Waals surface area contributed by atoms with Gasteiger partial charge in [0.05, 0.1) is 11.1 Å². The highest BCUT2D eigenvalue weighted by atomic mass is 35.5. The summed E-state index contributed by atoms with van der Waals surface area (Å²) >= 11 is 11.4. The van der Waals surface area contributed by atoms with E-state index in [1.807, 2.05) is 4.72 Å². The van der Waals surface area contributed by atoms with Gasteiger partial charge in [-0.05, 0) is 19.9 Å². The molecular weight excluding hydrogens is 327 g/mol. The second-order valence-electron chi connectivity index (χ2n) is 4.05. The lowest BCUT2D eigenvalue weighted by Gasteiger charge is -2.12. The predicted molar refractivity (Wildman–Crippen MR) is 77.7 cm³/mol. The van der Waals surface area contributed by atoms with Crippen molar-refractivity contribution in [3.8, 4) is 0 Å². The molecule has 1 aromatic rings. The van der Waals surface area contributed by atoms with Gasteiger partial charge in [0.2, 0.25) is 16.0 Å². The minimum absolute atomic E-state index is 0.00540. The normalized spacial score (nSPS) is 14.4. The number of aryl methyl sites for hydroxylation is 1. The van der Waals surface area contributed by atoms with Gasteiger partial charge in [-0.1, -0.05) is 0 Å². The number of halogens is 2. The molecule has 0 aromatic carbocycles. The van der Waals surface area contributed by atoms with Crippen molar-refractivity contribution in [2.75, 3.05) is 11.1 Å². The number of amides is 2. The lowest BCUT2D eigenvalue weighted by Crippen LogP contribution is -2.39. The van der Waals surface area contributed by atoms with E-state index in [0.29, 0.717) is 5.69 Å². The highest BCUT2D eigenvalue weighted by molar-refractivity contribution is 7.90. The van der Waals surface area contributed by atoms with Gasteiger partial charge >= 0.3 is 6.03 Å². The Balaban J connectivity index is 2.61. The first-order chi connectivity index (χ1) is 9.19. The molecule has 2 unspecified atom stereocenters. The van der Waals surface area contributed by atoms with Crippen LogP contribution in [0.3, 0.4) is 0 Å². The summed E-state index contributed by atoms with van der Waals surface area (Å²) in [5.74, 6) is -0.466. The fourth-order valence-corrected chi connectivity index (χ4v) is 2.98. The average molecular weight is 341 g/mol. The molecule has 112 valence electrons. The van der Waals surface area contributed by atoms with E-state index in [-0.39, 0.29) is 5.95 Å². The summed E-state index contributed by atoms with van der Waals surface area (Å²) < 4.78 is 25.1. The maximum absolute atomic E-state index is 11.7. The van der Waals surface area contributed by atoms with E-state index >= 15 is 0 Å². The van der Waals surface area contributed by atoms with E-state index in [9.17, 15) is 13.2 Å². The number of hydrogen-bond donors (Lipinski definition) is 2.